The summed E-state index contributed by atoms with van der Waals surface area (Å²) in [6, 6.07) is 6.10. The number of carbonyl (C=O) groups is 1. The molecule has 0 aliphatic rings. The highest BCUT2D eigenvalue weighted by atomic mass is 19.3. The van der Waals surface area contributed by atoms with Crippen LogP contribution >= 0.6 is 0 Å². The van der Waals surface area contributed by atoms with Crippen LogP contribution in [-0.4, -0.2) is 12.5 Å². The Labute approximate surface area is 112 Å². The Morgan fingerprint density at radius 3 is 2.26 bits per heavy atom. The molecule has 1 aromatic rings. The number of carbonyl (C=O) groups excluding carboxylic acids is 1. The Bertz CT molecular complexity index is 404. The second-order valence-corrected chi connectivity index (χ2v) is 4.83. The monoisotopic (exact) mass is 271 g/mol. The lowest BCUT2D eigenvalue weighted by molar-refractivity contribution is -0.122. The number of rotatable bonds is 6. The van der Waals surface area contributed by atoms with Crippen molar-refractivity contribution >= 4 is 5.91 Å². The maximum Gasteiger partial charge on any atom is 0.387 e. The van der Waals surface area contributed by atoms with Crippen molar-refractivity contribution in [2.24, 2.45) is 5.92 Å². The smallest absolute Gasteiger partial charge is 0.387 e. The summed E-state index contributed by atoms with van der Waals surface area (Å²) < 4.78 is 28.2. The van der Waals surface area contributed by atoms with E-state index in [2.05, 4.69) is 10.1 Å². The fourth-order valence-electron chi connectivity index (χ4n) is 1.69. The number of ether oxygens (including phenoxy) is 1. The van der Waals surface area contributed by atoms with Gasteiger partial charge in [-0.2, -0.15) is 8.78 Å². The minimum atomic E-state index is -2.82. The molecule has 0 fully saturated rings. The average molecular weight is 271 g/mol. The van der Waals surface area contributed by atoms with Crippen molar-refractivity contribution in [1.29, 1.82) is 0 Å². The first kappa shape index (κ1) is 15.4. The fourth-order valence-corrected chi connectivity index (χ4v) is 1.69. The van der Waals surface area contributed by atoms with E-state index in [-0.39, 0.29) is 17.7 Å². The summed E-state index contributed by atoms with van der Waals surface area (Å²) in [7, 11) is 0. The molecule has 1 unspecified atom stereocenters. The second kappa shape index (κ2) is 7.07. The number of alkyl halides is 2. The highest BCUT2D eigenvalue weighted by Gasteiger charge is 2.11. The van der Waals surface area contributed by atoms with Gasteiger partial charge in [-0.05, 0) is 30.5 Å². The van der Waals surface area contributed by atoms with Crippen LogP contribution < -0.4 is 10.1 Å². The molecule has 0 saturated carbocycles. The van der Waals surface area contributed by atoms with E-state index in [1.54, 1.807) is 12.1 Å². The molecule has 19 heavy (non-hydrogen) atoms. The van der Waals surface area contributed by atoms with E-state index in [1.165, 1.54) is 12.1 Å². The average Bonchev–Trinajstić information content (AvgIpc) is 2.27. The molecule has 0 aliphatic carbocycles. The summed E-state index contributed by atoms with van der Waals surface area (Å²) in [5.74, 6) is 0.392. The van der Waals surface area contributed by atoms with Crippen LogP contribution in [0.15, 0.2) is 24.3 Å². The van der Waals surface area contributed by atoms with E-state index < -0.39 is 6.61 Å². The molecular weight excluding hydrogens is 252 g/mol. The van der Waals surface area contributed by atoms with Gasteiger partial charge in [-0.25, -0.2) is 0 Å². The largest absolute Gasteiger partial charge is 0.435 e. The second-order valence-electron chi connectivity index (χ2n) is 4.83. The van der Waals surface area contributed by atoms with Crippen LogP contribution in [0.1, 0.15) is 38.8 Å². The highest BCUT2D eigenvalue weighted by molar-refractivity contribution is 5.76. The van der Waals surface area contributed by atoms with Crippen molar-refractivity contribution in [1.82, 2.24) is 5.32 Å². The van der Waals surface area contributed by atoms with Crippen LogP contribution in [0.2, 0.25) is 0 Å². The van der Waals surface area contributed by atoms with Gasteiger partial charge in [0.25, 0.3) is 0 Å². The first-order chi connectivity index (χ1) is 8.88. The zero-order chi connectivity index (χ0) is 14.4. The minimum absolute atomic E-state index is 0.0181. The Balaban J connectivity index is 2.57. The standard InChI is InChI=1S/C14H19F2NO2/c1-9(2)8-13(18)17-10(3)11-4-6-12(7-5-11)19-14(15)16/h4-7,9-10,14H,8H2,1-3H3,(H,17,18). The fraction of sp³-hybridized carbons (Fsp3) is 0.500. The van der Waals surface area contributed by atoms with Crippen molar-refractivity contribution in [2.75, 3.05) is 0 Å². The molecule has 1 N–H and O–H groups in total. The minimum Gasteiger partial charge on any atom is -0.435 e. The van der Waals surface area contributed by atoms with E-state index in [0.29, 0.717) is 12.3 Å². The molecule has 1 atom stereocenters. The van der Waals surface area contributed by atoms with Gasteiger partial charge in [0.2, 0.25) is 5.91 Å². The molecule has 1 rings (SSSR count). The highest BCUT2D eigenvalue weighted by Crippen LogP contribution is 2.19. The first-order valence-corrected chi connectivity index (χ1v) is 6.22. The Morgan fingerprint density at radius 1 is 1.21 bits per heavy atom. The topological polar surface area (TPSA) is 38.3 Å². The Hall–Kier alpha value is -1.65. The molecule has 0 aliphatic heterocycles. The van der Waals surface area contributed by atoms with Gasteiger partial charge in [0.15, 0.2) is 0 Å². The zero-order valence-corrected chi connectivity index (χ0v) is 11.3. The van der Waals surface area contributed by atoms with Crippen molar-refractivity contribution < 1.29 is 18.3 Å². The van der Waals surface area contributed by atoms with Gasteiger partial charge < -0.3 is 10.1 Å². The number of benzene rings is 1. The summed E-state index contributed by atoms with van der Waals surface area (Å²) >= 11 is 0. The lowest BCUT2D eigenvalue weighted by atomic mass is 10.1. The zero-order valence-electron chi connectivity index (χ0n) is 11.3. The summed E-state index contributed by atoms with van der Waals surface area (Å²) in [4.78, 5) is 11.6. The third-order valence-corrected chi connectivity index (χ3v) is 2.58. The van der Waals surface area contributed by atoms with Gasteiger partial charge in [0, 0.05) is 6.42 Å². The van der Waals surface area contributed by atoms with Gasteiger partial charge >= 0.3 is 6.61 Å². The van der Waals surface area contributed by atoms with Crippen LogP contribution in [0.5, 0.6) is 5.75 Å². The SMILES string of the molecule is CC(C)CC(=O)NC(C)c1ccc(OC(F)F)cc1. The molecular formula is C14H19F2NO2. The van der Waals surface area contributed by atoms with Crippen molar-refractivity contribution in [3.05, 3.63) is 29.8 Å². The van der Waals surface area contributed by atoms with E-state index in [0.717, 1.165) is 5.56 Å². The summed E-state index contributed by atoms with van der Waals surface area (Å²) in [5.41, 5.74) is 0.846. The third kappa shape index (κ3) is 5.68. The molecule has 1 aromatic carbocycles. The molecule has 0 bridgehead atoms. The Kier molecular flexibility index (Phi) is 5.73. The molecule has 0 aromatic heterocycles. The van der Waals surface area contributed by atoms with Crippen LogP contribution in [0.3, 0.4) is 0 Å². The first-order valence-electron chi connectivity index (χ1n) is 6.22. The molecule has 1 amide bonds. The van der Waals surface area contributed by atoms with E-state index in [4.69, 9.17) is 0 Å². The molecule has 0 saturated heterocycles. The van der Waals surface area contributed by atoms with Crippen molar-refractivity contribution in [2.45, 2.75) is 39.8 Å². The predicted molar refractivity (Wildman–Crippen MR) is 69.1 cm³/mol. The molecule has 0 heterocycles. The van der Waals surface area contributed by atoms with Gasteiger partial charge in [0.1, 0.15) is 5.75 Å². The van der Waals surface area contributed by atoms with Gasteiger partial charge in [-0.1, -0.05) is 26.0 Å². The number of hydrogen-bond donors (Lipinski definition) is 1. The van der Waals surface area contributed by atoms with E-state index >= 15 is 0 Å². The normalized spacial score (nSPS) is 12.6. The quantitative estimate of drug-likeness (QED) is 0.859. The van der Waals surface area contributed by atoms with Gasteiger partial charge in [-0.3, -0.25) is 4.79 Å². The summed E-state index contributed by atoms with van der Waals surface area (Å²) in [6.07, 6.45) is 0.469. The van der Waals surface area contributed by atoms with E-state index in [9.17, 15) is 13.6 Å². The van der Waals surface area contributed by atoms with Crippen molar-refractivity contribution in [3.8, 4) is 5.75 Å². The number of hydrogen-bond acceptors (Lipinski definition) is 2. The summed E-state index contributed by atoms with van der Waals surface area (Å²) in [5, 5.41) is 2.86. The lowest BCUT2D eigenvalue weighted by Crippen LogP contribution is -2.27. The Morgan fingerprint density at radius 2 is 1.79 bits per heavy atom. The molecule has 3 nitrogen and oxygen atoms in total. The lowest BCUT2D eigenvalue weighted by Gasteiger charge is -2.15. The van der Waals surface area contributed by atoms with Crippen LogP contribution in [0, 0.1) is 5.92 Å². The number of amides is 1. The molecule has 0 spiro atoms. The van der Waals surface area contributed by atoms with Crippen LogP contribution in [-0.2, 0) is 4.79 Å². The van der Waals surface area contributed by atoms with Crippen LogP contribution in [0.25, 0.3) is 0 Å². The van der Waals surface area contributed by atoms with E-state index in [1.807, 2.05) is 20.8 Å². The predicted octanol–water partition coefficient (Wildman–Crippen LogP) is 3.51. The number of nitrogens with one attached hydrogen (secondary N) is 1. The van der Waals surface area contributed by atoms with Crippen molar-refractivity contribution in [3.63, 3.8) is 0 Å². The molecule has 5 heteroatoms. The van der Waals surface area contributed by atoms with Gasteiger partial charge in [0.05, 0.1) is 6.04 Å². The maximum absolute atomic E-state index is 12.0. The third-order valence-electron chi connectivity index (χ3n) is 2.58. The van der Waals surface area contributed by atoms with Crippen LogP contribution in [0.4, 0.5) is 8.78 Å². The molecule has 0 radical (unpaired) electrons. The summed E-state index contributed by atoms with van der Waals surface area (Å²) in [6.45, 7) is 2.97. The molecule has 106 valence electrons. The maximum atomic E-state index is 12.0. The van der Waals surface area contributed by atoms with Gasteiger partial charge in [-0.15, -0.1) is 0 Å². The number of halogens is 2.